The predicted molar refractivity (Wildman–Crippen MR) is 75.3 cm³/mol. The second-order valence-corrected chi connectivity index (χ2v) is 4.52. The van der Waals surface area contributed by atoms with Crippen molar-refractivity contribution in [1.29, 1.82) is 0 Å². The van der Waals surface area contributed by atoms with Gasteiger partial charge < -0.3 is 15.4 Å². The minimum absolute atomic E-state index is 0.332. The van der Waals surface area contributed by atoms with Crippen LogP contribution in [-0.2, 0) is 6.54 Å². The maximum absolute atomic E-state index is 13.3. The Morgan fingerprint density at radius 3 is 2.95 bits per heavy atom. The molecule has 1 atom stereocenters. The number of halogens is 1. The Morgan fingerprint density at radius 2 is 2.29 bits per heavy atom. The Morgan fingerprint density at radius 1 is 1.48 bits per heavy atom. The average molecular weight is 292 g/mol. The molecule has 0 fully saturated rings. The molecule has 2 amide bonds. The van der Waals surface area contributed by atoms with Crippen LogP contribution in [0.25, 0.3) is 0 Å². The van der Waals surface area contributed by atoms with Gasteiger partial charge in [0.05, 0.1) is 25.4 Å². The maximum Gasteiger partial charge on any atom is 0.315 e. The van der Waals surface area contributed by atoms with Crippen LogP contribution in [-0.4, -0.2) is 23.3 Å². The number of nitrogens with one attached hydrogen (secondary N) is 3. The van der Waals surface area contributed by atoms with E-state index in [2.05, 4.69) is 20.8 Å². The standard InChI is InChI=1S/C14H17FN4O2/c1-9(12-7-10(15)3-4-13(12)21-2)18-14(20)16-8-11-5-6-17-19-11/h3-7,9H,8H2,1-2H3,(H,17,19)(H2,16,18,20)/t9-/m0/s1. The highest BCUT2D eigenvalue weighted by atomic mass is 19.1. The summed E-state index contributed by atoms with van der Waals surface area (Å²) in [5.41, 5.74) is 1.37. The number of nitrogens with zero attached hydrogens (tertiary/aromatic N) is 1. The quantitative estimate of drug-likeness (QED) is 0.789. The van der Waals surface area contributed by atoms with E-state index >= 15 is 0 Å². The monoisotopic (exact) mass is 292 g/mol. The number of rotatable bonds is 5. The lowest BCUT2D eigenvalue weighted by Crippen LogP contribution is -2.36. The van der Waals surface area contributed by atoms with Crippen molar-refractivity contribution in [2.24, 2.45) is 0 Å². The number of ether oxygens (including phenoxy) is 1. The van der Waals surface area contributed by atoms with Gasteiger partial charge in [-0.05, 0) is 31.2 Å². The third-order valence-corrected chi connectivity index (χ3v) is 3.00. The fourth-order valence-corrected chi connectivity index (χ4v) is 1.93. The number of carbonyl (C=O) groups excluding carboxylic acids is 1. The summed E-state index contributed by atoms with van der Waals surface area (Å²) in [7, 11) is 1.50. The first-order chi connectivity index (χ1) is 10.1. The van der Waals surface area contributed by atoms with Gasteiger partial charge in [0, 0.05) is 11.8 Å². The highest BCUT2D eigenvalue weighted by Gasteiger charge is 2.14. The minimum Gasteiger partial charge on any atom is -0.496 e. The molecule has 0 aliphatic rings. The van der Waals surface area contributed by atoms with Gasteiger partial charge in [-0.25, -0.2) is 9.18 Å². The number of hydrogen-bond donors (Lipinski definition) is 3. The molecule has 0 aliphatic carbocycles. The topological polar surface area (TPSA) is 79.0 Å². The second kappa shape index (κ2) is 6.74. The third kappa shape index (κ3) is 3.95. The Balaban J connectivity index is 1.95. The highest BCUT2D eigenvalue weighted by molar-refractivity contribution is 5.74. The molecule has 21 heavy (non-hydrogen) atoms. The first kappa shape index (κ1) is 14.8. The number of aromatic amines is 1. The van der Waals surface area contributed by atoms with Gasteiger partial charge in [0.1, 0.15) is 11.6 Å². The maximum atomic E-state index is 13.3. The van der Waals surface area contributed by atoms with Crippen LogP contribution in [0.3, 0.4) is 0 Å². The van der Waals surface area contributed by atoms with Gasteiger partial charge >= 0.3 is 6.03 Å². The SMILES string of the molecule is COc1ccc(F)cc1[C@H](C)NC(=O)NCc1ccn[nH]1. The summed E-state index contributed by atoms with van der Waals surface area (Å²) in [4.78, 5) is 11.8. The highest BCUT2D eigenvalue weighted by Crippen LogP contribution is 2.25. The average Bonchev–Trinajstić information content (AvgIpc) is 2.98. The third-order valence-electron chi connectivity index (χ3n) is 3.00. The lowest BCUT2D eigenvalue weighted by molar-refractivity contribution is 0.237. The molecule has 3 N–H and O–H groups in total. The van der Waals surface area contributed by atoms with Crippen molar-refractivity contribution < 1.29 is 13.9 Å². The molecule has 7 heteroatoms. The summed E-state index contributed by atoms with van der Waals surface area (Å²) in [6.45, 7) is 2.09. The van der Waals surface area contributed by atoms with Crippen molar-refractivity contribution >= 4 is 6.03 Å². The van der Waals surface area contributed by atoms with E-state index in [1.54, 1.807) is 19.2 Å². The van der Waals surface area contributed by atoms with Gasteiger partial charge in [0.2, 0.25) is 0 Å². The molecule has 6 nitrogen and oxygen atoms in total. The number of amides is 2. The van der Waals surface area contributed by atoms with Crippen LogP contribution in [0.2, 0.25) is 0 Å². The van der Waals surface area contributed by atoms with Gasteiger partial charge in [-0.2, -0.15) is 5.10 Å². The Labute approximate surface area is 121 Å². The lowest BCUT2D eigenvalue weighted by Gasteiger charge is -2.17. The van der Waals surface area contributed by atoms with Crippen LogP contribution < -0.4 is 15.4 Å². The van der Waals surface area contributed by atoms with Crippen LogP contribution >= 0.6 is 0 Å². The molecule has 0 saturated carbocycles. The van der Waals surface area contributed by atoms with E-state index in [0.29, 0.717) is 17.9 Å². The number of benzene rings is 1. The summed E-state index contributed by atoms with van der Waals surface area (Å²) in [6, 6.07) is 5.21. The van der Waals surface area contributed by atoms with E-state index in [9.17, 15) is 9.18 Å². The molecule has 1 aromatic heterocycles. The number of carbonyl (C=O) groups is 1. The zero-order valence-electron chi connectivity index (χ0n) is 11.8. The van der Waals surface area contributed by atoms with Crippen molar-refractivity contribution in [2.75, 3.05) is 7.11 Å². The molecule has 0 radical (unpaired) electrons. The van der Waals surface area contributed by atoms with Gasteiger partial charge in [0.15, 0.2) is 0 Å². The fourth-order valence-electron chi connectivity index (χ4n) is 1.93. The smallest absolute Gasteiger partial charge is 0.315 e. The normalized spacial score (nSPS) is 11.8. The number of urea groups is 1. The predicted octanol–water partition coefficient (Wildman–Crippen LogP) is 2.12. The summed E-state index contributed by atoms with van der Waals surface area (Å²) >= 11 is 0. The largest absolute Gasteiger partial charge is 0.496 e. The number of aromatic nitrogens is 2. The van der Waals surface area contributed by atoms with E-state index in [-0.39, 0.29) is 11.8 Å². The molecule has 112 valence electrons. The van der Waals surface area contributed by atoms with Crippen molar-refractivity contribution in [3.05, 3.63) is 47.5 Å². The molecule has 1 aromatic carbocycles. The summed E-state index contributed by atoms with van der Waals surface area (Å²) in [5, 5.41) is 11.9. The molecule has 2 aromatic rings. The van der Waals surface area contributed by atoms with Crippen LogP contribution in [0.5, 0.6) is 5.75 Å². The first-order valence-corrected chi connectivity index (χ1v) is 6.46. The van der Waals surface area contributed by atoms with Gasteiger partial charge in [-0.1, -0.05) is 0 Å². The van der Waals surface area contributed by atoms with Crippen LogP contribution in [0.1, 0.15) is 24.2 Å². The van der Waals surface area contributed by atoms with E-state index in [1.807, 2.05) is 0 Å². The van der Waals surface area contributed by atoms with Crippen LogP contribution in [0.4, 0.5) is 9.18 Å². The van der Waals surface area contributed by atoms with Crippen molar-refractivity contribution in [3.8, 4) is 5.75 Å². The Bertz CT molecular complexity index is 601. The summed E-state index contributed by atoms with van der Waals surface area (Å²) in [5.74, 6) is 0.148. The summed E-state index contributed by atoms with van der Waals surface area (Å²) < 4.78 is 18.5. The minimum atomic E-state index is -0.391. The molecule has 2 rings (SSSR count). The van der Waals surface area contributed by atoms with Gasteiger partial charge in [-0.3, -0.25) is 5.10 Å². The number of H-pyrrole nitrogens is 1. The Hall–Kier alpha value is -2.57. The fraction of sp³-hybridized carbons (Fsp3) is 0.286. The van der Waals surface area contributed by atoms with Crippen molar-refractivity contribution in [2.45, 2.75) is 19.5 Å². The Kier molecular flexibility index (Phi) is 4.76. The molecule has 0 aliphatic heterocycles. The molecule has 0 spiro atoms. The number of hydrogen-bond acceptors (Lipinski definition) is 3. The molecular weight excluding hydrogens is 275 g/mol. The number of methoxy groups -OCH3 is 1. The lowest BCUT2D eigenvalue weighted by atomic mass is 10.1. The molecular formula is C14H17FN4O2. The van der Waals surface area contributed by atoms with E-state index in [0.717, 1.165) is 5.69 Å². The molecule has 0 saturated heterocycles. The van der Waals surface area contributed by atoms with Gasteiger partial charge in [0.25, 0.3) is 0 Å². The van der Waals surface area contributed by atoms with E-state index in [1.165, 1.54) is 25.3 Å². The van der Waals surface area contributed by atoms with Crippen LogP contribution in [0.15, 0.2) is 30.5 Å². The molecule has 1 heterocycles. The van der Waals surface area contributed by atoms with E-state index < -0.39 is 6.04 Å². The molecule has 0 bridgehead atoms. The molecule has 0 unspecified atom stereocenters. The second-order valence-electron chi connectivity index (χ2n) is 4.52. The van der Waals surface area contributed by atoms with Crippen molar-refractivity contribution in [1.82, 2.24) is 20.8 Å². The zero-order valence-corrected chi connectivity index (χ0v) is 11.8. The zero-order chi connectivity index (χ0) is 15.2. The van der Waals surface area contributed by atoms with Crippen molar-refractivity contribution in [3.63, 3.8) is 0 Å². The van der Waals surface area contributed by atoms with Crippen LogP contribution in [0, 0.1) is 5.82 Å². The van der Waals surface area contributed by atoms with E-state index in [4.69, 9.17) is 4.74 Å². The summed E-state index contributed by atoms with van der Waals surface area (Å²) in [6.07, 6.45) is 1.61. The van der Waals surface area contributed by atoms with Gasteiger partial charge in [-0.15, -0.1) is 0 Å². The first-order valence-electron chi connectivity index (χ1n) is 6.46.